The Kier molecular flexibility index (Phi) is 2.97. The summed E-state index contributed by atoms with van der Waals surface area (Å²) < 4.78 is 37.3. The molecule has 4 unspecified atom stereocenters. The van der Waals surface area contributed by atoms with Crippen LogP contribution in [0.1, 0.15) is 45.4 Å². The fraction of sp³-hybridized carbons (Fsp3) is 1.00. The van der Waals surface area contributed by atoms with Gasteiger partial charge in [0.15, 0.2) is 5.60 Å². The van der Waals surface area contributed by atoms with Gasteiger partial charge in [0.05, 0.1) is 0 Å². The van der Waals surface area contributed by atoms with E-state index in [1.165, 1.54) is 19.3 Å². The number of rotatable bonds is 3. The number of hydrogen-bond donors (Lipinski definition) is 1. The average Bonchev–Trinajstić information content (AvgIpc) is 2.73. The fourth-order valence-electron chi connectivity index (χ4n) is 3.34. The monoisotopic (exact) mass is 236 g/mol. The lowest BCUT2D eigenvalue weighted by Gasteiger charge is -2.29. The van der Waals surface area contributed by atoms with Crippen LogP contribution in [0.3, 0.4) is 0 Å². The highest BCUT2D eigenvalue weighted by molar-refractivity contribution is 4.92. The minimum atomic E-state index is -4.50. The van der Waals surface area contributed by atoms with Gasteiger partial charge in [-0.3, -0.25) is 0 Å². The predicted octanol–water partition coefficient (Wildman–Crippen LogP) is 3.52. The van der Waals surface area contributed by atoms with Crippen molar-refractivity contribution < 1.29 is 18.3 Å². The molecule has 0 amide bonds. The van der Waals surface area contributed by atoms with E-state index in [0.29, 0.717) is 18.3 Å². The van der Waals surface area contributed by atoms with Crippen molar-refractivity contribution in [2.24, 2.45) is 17.8 Å². The van der Waals surface area contributed by atoms with Crippen molar-refractivity contribution in [3.8, 4) is 0 Å². The van der Waals surface area contributed by atoms with Crippen LogP contribution < -0.4 is 0 Å². The maximum atomic E-state index is 12.4. The summed E-state index contributed by atoms with van der Waals surface area (Å²) in [6.45, 7) is 0.889. The molecule has 0 spiro atoms. The van der Waals surface area contributed by atoms with E-state index in [2.05, 4.69) is 0 Å². The minimum absolute atomic E-state index is 0.148. The second-order valence-corrected chi connectivity index (χ2v) is 5.75. The number of fused-ring (bicyclic) bond motifs is 2. The van der Waals surface area contributed by atoms with Crippen molar-refractivity contribution in [2.75, 3.05) is 0 Å². The van der Waals surface area contributed by atoms with Gasteiger partial charge in [-0.2, -0.15) is 13.2 Å². The number of alkyl halides is 3. The van der Waals surface area contributed by atoms with Crippen molar-refractivity contribution >= 4 is 0 Å². The van der Waals surface area contributed by atoms with Crippen LogP contribution in [-0.4, -0.2) is 16.9 Å². The zero-order valence-electron chi connectivity index (χ0n) is 9.56. The molecule has 16 heavy (non-hydrogen) atoms. The Labute approximate surface area is 94.0 Å². The molecule has 2 fully saturated rings. The molecule has 4 heteroatoms. The first-order valence-corrected chi connectivity index (χ1v) is 6.09. The lowest BCUT2D eigenvalue weighted by Crippen LogP contribution is -2.42. The first kappa shape index (κ1) is 12.2. The smallest absolute Gasteiger partial charge is 0.381 e. The van der Waals surface area contributed by atoms with Crippen LogP contribution >= 0.6 is 0 Å². The molecule has 0 radical (unpaired) electrons. The summed E-state index contributed by atoms with van der Waals surface area (Å²) in [5, 5.41) is 9.36. The Hall–Kier alpha value is -0.250. The first-order chi connectivity index (χ1) is 7.29. The van der Waals surface area contributed by atoms with Crippen LogP contribution in [0.2, 0.25) is 0 Å². The zero-order chi connectivity index (χ0) is 12.0. The van der Waals surface area contributed by atoms with Crippen LogP contribution in [0.4, 0.5) is 13.2 Å². The second-order valence-electron chi connectivity index (χ2n) is 5.75. The third kappa shape index (κ3) is 2.22. The summed E-state index contributed by atoms with van der Waals surface area (Å²) in [6.07, 6.45) is 0.612. The van der Waals surface area contributed by atoms with Gasteiger partial charge >= 0.3 is 6.18 Å². The molecular weight excluding hydrogens is 217 g/mol. The van der Waals surface area contributed by atoms with Crippen molar-refractivity contribution in [1.82, 2.24) is 0 Å². The molecule has 0 aromatic rings. The molecule has 0 heterocycles. The van der Waals surface area contributed by atoms with Crippen molar-refractivity contribution in [2.45, 2.75) is 57.2 Å². The minimum Gasteiger partial charge on any atom is -0.381 e. The van der Waals surface area contributed by atoms with Gasteiger partial charge in [-0.05, 0) is 56.8 Å². The van der Waals surface area contributed by atoms with Gasteiger partial charge in [-0.25, -0.2) is 0 Å². The SMILES string of the molecule is CC(O)(CCC1CC2CCC1C2)C(F)(F)F. The number of hydrogen-bond acceptors (Lipinski definition) is 1. The summed E-state index contributed by atoms with van der Waals surface area (Å²) in [7, 11) is 0. The van der Waals surface area contributed by atoms with Crippen LogP contribution in [-0.2, 0) is 0 Å². The van der Waals surface area contributed by atoms with Crippen molar-refractivity contribution in [3.05, 3.63) is 0 Å². The number of halogens is 3. The highest BCUT2D eigenvalue weighted by Crippen LogP contribution is 2.50. The van der Waals surface area contributed by atoms with Crippen LogP contribution in [0.25, 0.3) is 0 Å². The summed E-state index contributed by atoms with van der Waals surface area (Å²) >= 11 is 0. The molecule has 2 saturated carbocycles. The lowest BCUT2D eigenvalue weighted by atomic mass is 9.83. The molecule has 4 atom stereocenters. The molecule has 94 valence electrons. The van der Waals surface area contributed by atoms with Gasteiger partial charge in [0, 0.05) is 0 Å². The quantitative estimate of drug-likeness (QED) is 0.795. The maximum absolute atomic E-state index is 12.4. The van der Waals surface area contributed by atoms with Crippen molar-refractivity contribution in [1.29, 1.82) is 0 Å². The largest absolute Gasteiger partial charge is 0.416 e. The van der Waals surface area contributed by atoms with E-state index in [4.69, 9.17) is 0 Å². The summed E-state index contributed by atoms with van der Waals surface area (Å²) in [4.78, 5) is 0. The normalized spacial score (nSPS) is 37.7. The van der Waals surface area contributed by atoms with E-state index in [1.54, 1.807) is 0 Å². The van der Waals surface area contributed by atoms with E-state index in [0.717, 1.165) is 19.3 Å². The summed E-state index contributed by atoms with van der Waals surface area (Å²) in [6, 6.07) is 0. The Morgan fingerprint density at radius 3 is 2.31 bits per heavy atom. The van der Waals surface area contributed by atoms with E-state index in [1.807, 2.05) is 0 Å². The van der Waals surface area contributed by atoms with E-state index in [9.17, 15) is 18.3 Å². The Balaban J connectivity index is 1.84. The Bertz CT molecular complexity index is 259. The highest BCUT2D eigenvalue weighted by Gasteiger charge is 2.50. The van der Waals surface area contributed by atoms with Crippen LogP contribution in [0.5, 0.6) is 0 Å². The molecule has 0 aromatic heterocycles. The van der Waals surface area contributed by atoms with Gasteiger partial charge in [0.2, 0.25) is 0 Å². The standard InChI is InChI=1S/C12H19F3O/c1-11(16,12(13,14)15)5-4-10-7-8-2-3-9(10)6-8/h8-10,16H,2-7H2,1H3. The van der Waals surface area contributed by atoms with Crippen LogP contribution in [0.15, 0.2) is 0 Å². The predicted molar refractivity (Wildman–Crippen MR) is 54.9 cm³/mol. The molecule has 0 aromatic carbocycles. The zero-order valence-corrected chi connectivity index (χ0v) is 9.56. The van der Waals surface area contributed by atoms with Crippen LogP contribution in [0, 0.1) is 17.8 Å². The number of aliphatic hydroxyl groups is 1. The molecule has 2 rings (SSSR count). The molecule has 0 saturated heterocycles. The maximum Gasteiger partial charge on any atom is 0.416 e. The molecule has 0 aliphatic heterocycles. The molecule has 2 aliphatic rings. The molecular formula is C12H19F3O. The Morgan fingerprint density at radius 2 is 1.88 bits per heavy atom. The second kappa shape index (κ2) is 3.90. The van der Waals surface area contributed by atoms with E-state index < -0.39 is 11.8 Å². The topological polar surface area (TPSA) is 20.2 Å². The first-order valence-electron chi connectivity index (χ1n) is 6.09. The molecule has 1 N–H and O–H groups in total. The van der Waals surface area contributed by atoms with Crippen molar-refractivity contribution in [3.63, 3.8) is 0 Å². The van der Waals surface area contributed by atoms with E-state index >= 15 is 0 Å². The molecule has 2 bridgehead atoms. The van der Waals surface area contributed by atoms with Gasteiger partial charge in [0.25, 0.3) is 0 Å². The van der Waals surface area contributed by atoms with Gasteiger partial charge in [0.1, 0.15) is 0 Å². The van der Waals surface area contributed by atoms with Gasteiger partial charge in [-0.15, -0.1) is 0 Å². The fourth-order valence-corrected chi connectivity index (χ4v) is 3.34. The Morgan fingerprint density at radius 1 is 1.19 bits per heavy atom. The third-order valence-corrected chi connectivity index (χ3v) is 4.50. The lowest BCUT2D eigenvalue weighted by molar-refractivity contribution is -0.256. The molecule has 1 nitrogen and oxygen atoms in total. The third-order valence-electron chi connectivity index (χ3n) is 4.50. The molecule has 2 aliphatic carbocycles. The average molecular weight is 236 g/mol. The van der Waals surface area contributed by atoms with Gasteiger partial charge < -0.3 is 5.11 Å². The summed E-state index contributed by atoms with van der Waals surface area (Å²) in [5.41, 5.74) is -2.51. The van der Waals surface area contributed by atoms with E-state index in [-0.39, 0.29) is 6.42 Å². The highest BCUT2D eigenvalue weighted by atomic mass is 19.4. The summed E-state index contributed by atoms with van der Waals surface area (Å²) in [5.74, 6) is 1.81. The van der Waals surface area contributed by atoms with Gasteiger partial charge in [-0.1, -0.05) is 6.42 Å².